The van der Waals surface area contributed by atoms with E-state index >= 15 is 0 Å². The van der Waals surface area contributed by atoms with E-state index < -0.39 is 0 Å². The number of piperazine rings is 1. The Bertz CT molecular complexity index is 456. The van der Waals surface area contributed by atoms with Crippen molar-refractivity contribution < 1.29 is 4.79 Å². The second-order valence-corrected chi connectivity index (χ2v) is 4.74. The van der Waals surface area contributed by atoms with E-state index in [-0.39, 0.29) is 5.91 Å². The van der Waals surface area contributed by atoms with Crippen molar-refractivity contribution in [2.75, 3.05) is 31.6 Å². The highest BCUT2D eigenvalue weighted by atomic mass is 16.2. The SMILES string of the molecule is CC(=O)N1CCN(Cc2nc(C)cc(NN)n2)CC1. The van der Waals surface area contributed by atoms with Gasteiger partial charge in [-0.05, 0) is 6.92 Å². The molecule has 1 amide bonds. The van der Waals surface area contributed by atoms with Gasteiger partial charge in [0.2, 0.25) is 5.91 Å². The maximum absolute atomic E-state index is 11.3. The summed E-state index contributed by atoms with van der Waals surface area (Å²) in [4.78, 5) is 24.1. The molecule has 19 heavy (non-hydrogen) atoms. The van der Waals surface area contributed by atoms with Crippen LogP contribution in [0.1, 0.15) is 18.4 Å². The number of nitrogens with one attached hydrogen (secondary N) is 1. The minimum Gasteiger partial charge on any atom is -0.340 e. The minimum atomic E-state index is 0.140. The Hall–Kier alpha value is -1.73. The summed E-state index contributed by atoms with van der Waals surface area (Å²) in [5.41, 5.74) is 3.43. The monoisotopic (exact) mass is 264 g/mol. The third kappa shape index (κ3) is 3.62. The molecule has 1 aromatic heterocycles. The highest BCUT2D eigenvalue weighted by Crippen LogP contribution is 2.09. The van der Waals surface area contributed by atoms with E-state index in [2.05, 4.69) is 20.3 Å². The highest BCUT2D eigenvalue weighted by molar-refractivity contribution is 5.73. The van der Waals surface area contributed by atoms with Crippen molar-refractivity contribution in [2.45, 2.75) is 20.4 Å². The van der Waals surface area contributed by atoms with Gasteiger partial charge in [0.25, 0.3) is 0 Å². The molecule has 7 nitrogen and oxygen atoms in total. The third-order valence-corrected chi connectivity index (χ3v) is 3.23. The molecule has 0 radical (unpaired) electrons. The molecule has 0 aromatic carbocycles. The number of hydrazine groups is 1. The third-order valence-electron chi connectivity index (χ3n) is 3.23. The first-order chi connectivity index (χ1) is 9.08. The molecule has 1 saturated heterocycles. The highest BCUT2D eigenvalue weighted by Gasteiger charge is 2.19. The maximum atomic E-state index is 11.3. The first-order valence-electron chi connectivity index (χ1n) is 6.37. The summed E-state index contributed by atoms with van der Waals surface area (Å²) in [5, 5.41) is 0. The van der Waals surface area contributed by atoms with Crippen molar-refractivity contribution in [2.24, 2.45) is 5.84 Å². The number of nitrogens with two attached hydrogens (primary N) is 1. The summed E-state index contributed by atoms with van der Waals surface area (Å²) in [7, 11) is 0. The lowest BCUT2D eigenvalue weighted by Crippen LogP contribution is -2.47. The predicted octanol–water partition coefficient (Wildman–Crippen LogP) is -0.265. The van der Waals surface area contributed by atoms with E-state index in [9.17, 15) is 4.79 Å². The molecule has 1 aliphatic rings. The van der Waals surface area contributed by atoms with Crippen molar-refractivity contribution >= 4 is 11.7 Å². The van der Waals surface area contributed by atoms with Crippen LogP contribution >= 0.6 is 0 Å². The average molecular weight is 264 g/mol. The van der Waals surface area contributed by atoms with Crippen LogP contribution in [0.25, 0.3) is 0 Å². The lowest BCUT2D eigenvalue weighted by atomic mass is 10.3. The molecule has 0 unspecified atom stereocenters. The van der Waals surface area contributed by atoms with Gasteiger partial charge in [-0.3, -0.25) is 9.69 Å². The molecule has 0 bridgehead atoms. The van der Waals surface area contributed by atoms with E-state index in [4.69, 9.17) is 5.84 Å². The standard InChI is InChI=1S/C12H20N6O/c1-9-7-11(16-13)15-12(14-9)8-17-3-5-18(6-4-17)10(2)19/h7H,3-6,8,13H2,1-2H3,(H,14,15,16). The van der Waals surface area contributed by atoms with Gasteiger partial charge in [-0.15, -0.1) is 0 Å². The van der Waals surface area contributed by atoms with Crippen LogP contribution in [-0.2, 0) is 11.3 Å². The Morgan fingerprint density at radius 2 is 2.05 bits per heavy atom. The summed E-state index contributed by atoms with van der Waals surface area (Å²) < 4.78 is 0. The molecule has 0 aliphatic carbocycles. The molecule has 1 fully saturated rings. The van der Waals surface area contributed by atoms with Crippen LogP contribution in [0.5, 0.6) is 0 Å². The topological polar surface area (TPSA) is 87.4 Å². The van der Waals surface area contributed by atoms with Gasteiger partial charge in [-0.25, -0.2) is 15.8 Å². The minimum absolute atomic E-state index is 0.140. The van der Waals surface area contributed by atoms with Gasteiger partial charge < -0.3 is 10.3 Å². The van der Waals surface area contributed by atoms with Crippen LogP contribution in [0.2, 0.25) is 0 Å². The van der Waals surface area contributed by atoms with Gasteiger partial charge in [0, 0.05) is 44.9 Å². The molecule has 0 atom stereocenters. The zero-order valence-electron chi connectivity index (χ0n) is 11.4. The Labute approximate surface area is 112 Å². The summed E-state index contributed by atoms with van der Waals surface area (Å²) in [6, 6.07) is 1.80. The fourth-order valence-electron chi connectivity index (χ4n) is 2.20. The molecule has 2 heterocycles. The van der Waals surface area contributed by atoms with Gasteiger partial charge in [0.05, 0.1) is 6.54 Å². The number of anilines is 1. The zero-order chi connectivity index (χ0) is 13.8. The molecule has 0 spiro atoms. The molecular weight excluding hydrogens is 244 g/mol. The molecule has 7 heteroatoms. The van der Waals surface area contributed by atoms with E-state index in [1.807, 2.05) is 11.8 Å². The van der Waals surface area contributed by atoms with E-state index in [0.717, 1.165) is 37.7 Å². The summed E-state index contributed by atoms with van der Waals surface area (Å²) in [6.07, 6.45) is 0. The summed E-state index contributed by atoms with van der Waals surface area (Å²) >= 11 is 0. The lowest BCUT2D eigenvalue weighted by molar-refractivity contribution is -0.130. The van der Waals surface area contributed by atoms with Gasteiger partial charge in [0.15, 0.2) is 0 Å². The van der Waals surface area contributed by atoms with Crippen LogP contribution in [0, 0.1) is 6.92 Å². The largest absolute Gasteiger partial charge is 0.340 e. The Morgan fingerprint density at radius 1 is 1.37 bits per heavy atom. The van der Waals surface area contributed by atoms with Crippen molar-refractivity contribution in [3.63, 3.8) is 0 Å². The van der Waals surface area contributed by atoms with Crippen molar-refractivity contribution in [3.05, 3.63) is 17.6 Å². The van der Waals surface area contributed by atoms with Gasteiger partial charge >= 0.3 is 0 Å². The molecule has 0 saturated carbocycles. The zero-order valence-corrected chi connectivity index (χ0v) is 11.4. The molecular formula is C12H20N6O. The lowest BCUT2D eigenvalue weighted by Gasteiger charge is -2.33. The average Bonchev–Trinajstić information content (AvgIpc) is 2.38. The second kappa shape index (κ2) is 5.94. The van der Waals surface area contributed by atoms with Crippen LogP contribution in [0.4, 0.5) is 5.82 Å². The summed E-state index contributed by atoms with van der Waals surface area (Å²) in [5.74, 6) is 6.90. The van der Waals surface area contributed by atoms with E-state index in [1.54, 1.807) is 13.0 Å². The fraction of sp³-hybridized carbons (Fsp3) is 0.583. The Morgan fingerprint density at radius 3 is 2.63 bits per heavy atom. The Balaban J connectivity index is 1.95. The number of amides is 1. The molecule has 3 N–H and O–H groups in total. The number of nitrogens with zero attached hydrogens (tertiary/aromatic N) is 4. The van der Waals surface area contributed by atoms with Crippen LogP contribution in [0.3, 0.4) is 0 Å². The van der Waals surface area contributed by atoms with Gasteiger partial charge in [0.1, 0.15) is 11.6 Å². The molecule has 1 aromatic rings. The first kappa shape index (κ1) is 13.7. The van der Waals surface area contributed by atoms with Crippen molar-refractivity contribution in [1.29, 1.82) is 0 Å². The van der Waals surface area contributed by atoms with E-state index in [1.165, 1.54) is 0 Å². The number of aryl methyl sites for hydroxylation is 1. The number of hydrogen-bond acceptors (Lipinski definition) is 6. The normalized spacial score (nSPS) is 16.5. The van der Waals surface area contributed by atoms with Gasteiger partial charge in [-0.2, -0.15) is 0 Å². The van der Waals surface area contributed by atoms with Crippen molar-refractivity contribution in [1.82, 2.24) is 19.8 Å². The predicted molar refractivity (Wildman–Crippen MR) is 72.1 cm³/mol. The molecule has 1 aliphatic heterocycles. The quantitative estimate of drug-likeness (QED) is 0.577. The number of rotatable bonds is 3. The van der Waals surface area contributed by atoms with E-state index in [0.29, 0.717) is 12.4 Å². The maximum Gasteiger partial charge on any atom is 0.219 e. The first-order valence-corrected chi connectivity index (χ1v) is 6.37. The Kier molecular flexibility index (Phi) is 4.28. The number of nitrogen functional groups attached to an aromatic ring is 1. The number of carbonyl (C=O) groups excluding carboxylic acids is 1. The second-order valence-electron chi connectivity index (χ2n) is 4.74. The number of aromatic nitrogens is 2. The summed E-state index contributed by atoms with van der Waals surface area (Å²) in [6.45, 7) is 7.44. The van der Waals surface area contributed by atoms with Crippen LogP contribution in [0.15, 0.2) is 6.07 Å². The van der Waals surface area contributed by atoms with Crippen LogP contribution < -0.4 is 11.3 Å². The number of hydrogen-bond donors (Lipinski definition) is 2. The fourth-order valence-corrected chi connectivity index (χ4v) is 2.20. The smallest absolute Gasteiger partial charge is 0.219 e. The molecule has 104 valence electrons. The van der Waals surface area contributed by atoms with Gasteiger partial charge in [-0.1, -0.05) is 0 Å². The van der Waals surface area contributed by atoms with Crippen LogP contribution in [-0.4, -0.2) is 51.9 Å². The van der Waals surface area contributed by atoms with Crippen molar-refractivity contribution in [3.8, 4) is 0 Å². The molecule has 2 rings (SSSR count). The number of carbonyl (C=O) groups is 1.